The standard InChI is InChI=1S/C11H11FN4OS/c1-15-6-14-16(11(15)17)5-7-2-8(10(13)18)4-9(12)3-7/h2-4,6H,5H2,1H3,(H2,13,18). The van der Waals surface area contributed by atoms with E-state index in [0.717, 1.165) is 0 Å². The lowest BCUT2D eigenvalue weighted by atomic mass is 10.1. The summed E-state index contributed by atoms with van der Waals surface area (Å²) in [7, 11) is 1.60. The van der Waals surface area contributed by atoms with E-state index in [4.69, 9.17) is 18.0 Å². The summed E-state index contributed by atoms with van der Waals surface area (Å²) in [5.74, 6) is -0.445. The molecule has 0 amide bonds. The SMILES string of the molecule is Cn1cnn(Cc2cc(F)cc(C(N)=S)c2)c1=O. The topological polar surface area (TPSA) is 65.8 Å². The second-order valence-corrected chi connectivity index (χ2v) is 4.33. The molecule has 0 aliphatic carbocycles. The van der Waals surface area contributed by atoms with Crippen molar-refractivity contribution in [3.63, 3.8) is 0 Å². The third-order valence-corrected chi connectivity index (χ3v) is 2.70. The minimum Gasteiger partial charge on any atom is -0.389 e. The molecule has 0 saturated heterocycles. The van der Waals surface area contributed by atoms with E-state index in [2.05, 4.69) is 5.10 Å². The number of nitrogens with two attached hydrogens (primary N) is 1. The van der Waals surface area contributed by atoms with Crippen LogP contribution in [0.5, 0.6) is 0 Å². The zero-order valence-corrected chi connectivity index (χ0v) is 10.4. The number of rotatable bonds is 3. The largest absolute Gasteiger partial charge is 0.389 e. The molecule has 0 aliphatic rings. The van der Waals surface area contributed by atoms with Gasteiger partial charge in [0.2, 0.25) is 0 Å². The predicted molar refractivity (Wildman–Crippen MR) is 68.9 cm³/mol. The molecular weight excluding hydrogens is 255 g/mol. The van der Waals surface area contributed by atoms with Gasteiger partial charge in [0.15, 0.2) is 0 Å². The van der Waals surface area contributed by atoms with E-state index in [9.17, 15) is 9.18 Å². The molecule has 18 heavy (non-hydrogen) atoms. The van der Waals surface area contributed by atoms with E-state index in [0.29, 0.717) is 11.1 Å². The highest BCUT2D eigenvalue weighted by Crippen LogP contribution is 2.10. The van der Waals surface area contributed by atoms with E-state index in [1.165, 1.54) is 27.7 Å². The van der Waals surface area contributed by atoms with Crippen LogP contribution in [-0.2, 0) is 13.6 Å². The van der Waals surface area contributed by atoms with Gasteiger partial charge in [0.25, 0.3) is 0 Å². The number of hydrogen-bond acceptors (Lipinski definition) is 3. The van der Waals surface area contributed by atoms with E-state index >= 15 is 0 Å². The number of halogens is 1. The van der Waals surface area contributed by atoms with Gasteiger partial charge in [0, 0.05) is 12.6 Å². The van der Waals surface area contributed by atoms with Gasteiger partial charge in [-0.15, -0.1) is 0 Å². The molecule has 7 heteroatoms. The van der Waals surface area contributed by atoms with Gasteiger partial charge >= 0.3 is 5.69 Å². The number of hydrogen-bond donors (Lipinski definition) is 1. The van der Waals surface area contributed by atoms with Crippen molar-refractivity contribution in [3.8, 4) is 0 Å². The van der Waals surface area contributed by atoms with Crippen LogP contribution in [0.1, 0.15) is 11.1 Å². The van der Waals surface area contributed by atoms with E-state index in [1.54, 1.807) is 13.1 Å². The third kappa shape index (κ3) is 2.45. The molecule has 0 radical (unpaired) electrons. The third-order valence-electron chi connectivity index (χ3n) is 2.46. The summed E-state index contributed by atoms with van der Waals surface area (Å²) in [5.41, 5.74) is 6.20. The van der Waals surface area contributed by atoms with Crippen molar-refractivity contribution in [2.75, 3.05) is 0 Å². The van der Waals surface area contributed by atoms with Crippen LogP contribution in [0.4, 0.5) is 4.39 Å². The second kappa shape index (κ2) is 4.69. The molecule has 0 aliphatic heterocycles. The van der Waals surface area contributed by atoms with Gasteiger partial charge < -0.3 is 5.73 Å². The minimum atomic E-state index is -0.445. The number of nitrogens with zero attached hydrogens (tertiary/aromatic N) is 3. The van der Waals surface area contributed by atoms with E-state index in [1.807, 2.05) is 0 Å². The Kier molecular flexibility index (Phi) is 3.24. The molecule has 0 spiro atoms. The van der Waals surface area contributed by atoms with Crippen molar-refractivity contribution in [1.82, 2.24) is 14.3 Å². The zero-order valence-electron chi connectivity index (χ0n) is 9.63. The van der Waals surface area contributed by atoms with Crippen LogP contribution in [0.25, 0.3) is 0 Å². The molecule has 1 aromatic carbocycles. The molecule has 2 rings (SSSR count). The Morgan fingerprint density at radius 3 is 2.78 bits per heavy atom. The van der Waals surface area contributed by atoms with Crippen LogP contribution < -0.4 is 11.4 Å². The van der Waals surface area contributed by atoms with Crippen LogP contribution in [0.15, 0.2) is 29.3 Å². The molecule has 0 unspecified atom stereocenters. The summed E-state index contributed by atoms with van der Waals surface area (Å²) in [6.45, 7) is 0.174. The molecule has 0 saturated carbocycles. The van der Waals surface area contributed by atoms with E-state index in [-0.39, 0.29) is 17.2 Å². The number of benzene rings is 1. The van der Waals surface area contributed by atoms with Crippen molar-refractivity contribution in [1.29, 1.82) is 0 Å². The molecule has 2 N–H and O–H groups in total. The summed E-state index contributed by atoms with van der Waals surface area (Å²) in [5, 5.41) is 3.90. The lowest BCUT2D eigenvalue weighted by Crippen LogP contribution is -2.23. The van der Waals surface area contributed by atoms with Crippen LogP contribution in [0.2, 0.25) is 0 Å². The number of thiocarbonyl (C=S) groups is 1. The fourth-order valence-corrected chi connectivity index (χ4v) is 1.70. The Bertz CT molecular complexity index is 661. The summed E-state index contributed by atoms with van der Waals surface area (Å²) in [4.78, 5) is 11.7. The monoisotopic (exact) mass is 266 g/mol. The van der Waals surface area contributed by atoms with Crippen molar-refractivity contribution in [2.24, 2.45) is 12.8 Å². The quantitative estimate of drug-likeness (QED) is 0.817. The maximum atomic E-state index is 13.4. The van der Waals surface area contributed by atoms with Gasteiger partial charge in [-0.3, -0.25) is 4.57 Å². The van der Waals surface area contributed by atoms with Crippen molar-refractivity contribution in [3.05, 3.63) is 52.0 Å². The Labute approximate surface area is 108 Å². The molecule has 1 heterocycles. The first-order valence-electron chi connectivity index (χ1n) is 5.15. The summed E-state index contributed by atoms with van der Waals surface area (Å²) in [6.07, 6.45) is 1.40. The lowest BCUT2D eigenvalue weighted by Gasteiger charge is -2.04. The fourth-order valence-electron chi connectivity index (χ4n) is 1.59. The minimum absolute atomic E-state index is 0.115. The molecule has 94 valence electrons. The van der Waals surface area contributed by atoms with Gasteiger partial charge in [-0.2, -0.15) is 5.10 Å². The van der Waals surface area contributed by atoms with E-state index < -0.39 is 5.82 Å². The first kappa shape index (κ1) is 12.4. The smallest absolute Gasteiger partial charge is 0.345 e. The lowest BCUT2D eigenvalue weighted by molar-refractivity contribution is 0.612. The molecule has 0 fully saturated rings. The van der Waals surface area contributed by atoms with Crippen LogP contribution in [0, 0.1) is 5.82 Å². The molecule has 2 aromatic rings. The predicted octanol–water partition coefficient (Wildman–Crippen LogP) is 0.403. The molecule has 0 atom stereocenters. The van der Waals surface area contributed by atoms with Crippen LogP contribution in [-0.4, -0.2) is 19.3 Å². The number of aromatic nitrogens is 3. The molecular formula is C11H11FN4OS. The van der Waals surface area contributed by atoms with Gasteiger partial charge in [0.1, 0.15) is 17.1 Å². The normalized spacial score (nSPS) is 10.6. The van der Waals surface area contributed by atoms with Crippen molar-refractivity contribution < 1.29 is 4.39 Å². The Hall–Kier alpha value is -2.02. The Balaban J connectivity index is 2.37. The highest BCUT2D eigenvalue weighted by atomic mass is 32.1. The first-order chi connectivity index (χ1) is 8.47. The maximum Gasteiger partial charge on any atom is 0.345 e. The summed E-state index contributed by atoms with van der Waals surface area (Å²) in [6, 6.07) is 4.22. The Morgan fingerprint density at radius 1 is 1.50 bits per heavy atom. The van der Waals surface area contributed by atoms with Gasteiger partial charge in [-0.1, -0.05) is 12.2 Å². The highest BCUT2D eigenvalue weighted by molar-refractivity contribution is 7.80. The average Bonchev–Trinajstić information content (AvgIpc) is 2.60. The molecule has 1 aromatic heterocycles. The Morgan fingerprint density at radius 2 is 2.22 bits per heavy atom. The zero-order chi connectivity index (χ0) is 13.3. The first-order valence-corrected chi connectivity index (χ1v) is 5.56. The summed E-state index contributed by atoms with van der Waals surface area (Å²) >= 11 is 4.80. The van der Waals surface area contributed by atoms with Crippen LogP contribution >= 0.6 is 12.2 Å². The number of aryl methyl sites for hydroxylation is 1. The summed E-state index contributed by atoms with van der Waals surface area (Å²) < 4.78 is 15.9. The van der Waals surface area contributed by atoms with Gasteiger partial charge in [-0.05, 0) is 23.8 Å². The average molecular weight is 266 g/mol. The maximum absolute atomic E-state index is 13.4. The molecule has 0 bridgehead atoms. The molecule has 5 nitrogen and oxygen atoms in total. The van der Waals surface area contributed by atoms with Gasteiger partial charge in [0.05, 0.1) is 6.54 Å². The second-order valence-electron chi connectivity index (χ2n) is 3.89. The fraction of sp³-hybridized carbons (Fsp3) is 0.182. The van der Waals surface area contributed by atoms with Gasteiger partial charge in [-0.25, -0.2) is 13.9 Å². The van der Waals surface area contributed by atoms with Crippen molar-refractivity contribution in [2.45, 2.75) is 6.54 Å². The highest BCUT2D eigenvalue weighted by Gasteiger charge is 2.06. The van der Waals surface area contributed by atoms with Crippen LogP contribution in [0.3, 0.4) is 0 Å². The van der Waals surface area contributed by atoms with Crippen molar-refractivity contribution >= 4 is 17.2 Å².